The highest BCUT2D eigenvalue weighted by atomic mass is 16.6. The van der Waals surface area contributed by atoms with Crippen molar-refractivity contribution in [2.75, 3.05) is 0 Å². The summed E-state index contributed by atoms with van der Waals surface area (Å²) in [5.74, 6) is 0.633. The van der Waals surface area contributed by atoms with Crippen molar-refractivity contribution in [1.82, 2.24) is 0 Å². The van der Waals surface area contributed by atoms with Crippen molar-refractivity contribution >= 4 is 5.69 Å². The first-order valence-corrected chi connectivity index (χ1v) is 5.32. The van der Waals surface area contributed by atoms with E-state index in [4.69, 9.17) is 9.84 Å². The van der Waals surface area contributed by atoms with Gasteiger partial charge in [-0.3, -0.25) is 10.1 Å². The number of nitrogens with zero attached hydrogens (tertiary/aromatic N) is 1. The zero-order chi connectivity index (χ0) is 13.0. The van der Waals surface area contributed by atoms with Crippen LogP contribution < -0.4 is 4.74 Å². The molecule has 2 aromatic rings. The molecule has 0 amide bonds. The third kappa shape index (κ3) is 2.64. The number of para-hydroxylation sites is 2. The lowest BCUT2D eigenvalue weighted by atomic mass is 10.2. The minimum atomic E-state index is -0.495. The SMILES string of the molecule is O=[N+]([O-])c1ccccc1Oc1cccc(CO)c1. The fourth-order valence-electron chi connectivity index (χ4n) is 1.53. The van der Waals surface area contributed by atoms with Gasteiger partial charge in [-0.15, -0.1) is 0 Å². The van der Waals surface area contributed by atoms with Gasteiger partial charge < -0.3 is 9.84 Å². The monoisotopic (exact) mass is 245 g/mol. The molecule has 92 valence electrons. The van der Waals surface area contributed by atoms with Gasteiger partial charge >= 0.3 is 5.69 Å². The summed E-state index contributed by atoms with van der Waals surface area (Å²) < 4.78 is 5.46. The van der Waals surface area contributed by atoms with Crippen molar-refractivity contribution < 1.29 is 14.8 Å². The van der Waals surface area contributed by atoms with Crippen LogP contribution in [-0.2, 0) is 6.61 Å². The molecule has 0 spiro atoms. The number of hydrogen-bond acceptors (Lipinski definition) is 4. The number of rotatable bonds is 4. The van der Waals surface area contributed by atoms with Gasteiger partial charge in [0.05, 0.1) is 11.5 Å². The third-order valence-electron chi connectivity index (χ3n) is 2.37. The Morgan fingerprint density at radius 2 is 1.94 bits per heavy atom. The van der Waals surface area contributed by atoms with Crippen LogP contribution in [0.2, 0.25) is 0 Å². The Balaban J connectivity index is 2.31. The fraction of sp³-hybridized carbons (Fsp3) is 0.0769. The Morgan fingerprint density at radius 3 is 2.67 bits per heavy atom. The molecule has 0 heterocycles. The highest BCUT2D eigenvalue weighted by molar-refractivity contribution is 5.48. The van der Waals surface area contributed by atoms with Crippen LogP contribution in [0.4, 0.5) is 5.69 Å². The average molecular weight is 245 g/mol. The lowest BCUT2D eigenvalue weighted by molar-refractivity contribution is -0.385. The lowest BCUT2D eigenvalue weighted by Crippen LogP contribution is -1.93. The second kappa shape index (κ2) is 5.29. The van der Waals surface area contributed by atoms with Gasteiger partial charge in [0.15, 0.2) is 0 Å². The normalized spacial score (nSPS) is 10.1. The molecule has 0 bridgehead atoms. The number of aliphatic hydroxyl groups excluding tert-OH is 1. The Morgan fingerprint density at radius 1 is 1.17 bits per heavy atom. The highest BCUT2D eigenvalue weighted by Crippen LogP contribution is 2.30. The van der Waals surface area contributed by atoms with E-state index in [1.807, 2.05) is 0 Å². The van der Waals surface area contributed by atoms with Crippen LogP contribution in [0.15, 0.2) is 48.5 Å². The Kier molecular flexibility index (Phi) is 3.54. The summed E-state index contributed by atoms with van der Waals surface area (Å²) in [6.45, 7) is -0.103. The molecule has 0 aromatic heterocycles. The van der Waals surface area contributed by atoms with E-state index in [0.29, 0.717) is 11.3 Å². The van der Waals surface area contributed by atoms with Crippen molar-refractivity contribution in [3.63, 3.8) is 0 Å². The lowest BCUT2D eigenvalue weighted by Gasteiger charge is -2.06. The second-order valence-corrected chi connectivity index (χ2v) is 3.63. The summed E-state index contributed by atoms with van der Waals surface area (Å²) in [5, 5.41) is 19.8. The van der Waals surface area contributed by atoms with Crippen LogP contribution in [0.3, 0.4) is 0 Å². The minimum Gasteiger partial charge on any atom is -0.450 e. The van der Waals surface area contributed by atoms with E-state index < -0.39 is 4.92 Å². The minimum absolute atomic E-state index is 0.0908. The first-order valence-electron chi connectivity index (χ1n) is 5.32. The van der Waals surface area contributed by atoms with E-state index in [9.17, 15) is 10.1 Å². The number of nitro groups is 1. The van der Waals surface area contributed by atoms with Crippen LogP contribution in [0.1, 0.15) is 5.56 Å². The van der Waals surface area contributed by atoms with Gasteiger partial charge in [0, 0.05) is 6.07 Å². The number of nitro benzene ring substituents is 1. The molecule has 0 radical (unpaired) electrons. The molecule has 0 saturated carbocycles. The van der Waals surface area contributed by atoms with Gasteiger partial charge in [-0.1, -0.05) is 24.3 Å². The van der Waals surface area contributed by atoms with E-state index in [2.05, 4.69) is 0 Å². The predicted molar refractivity (Wildman–Crippen MR) is 65.5 cm³/mol. The Bertz CT molecular complexity index is 568. The molecule has 0 unspecified atom stereocenters. The van der Waals surface area contributed by atoms with E-state index in [-0.39, 0.29) is 18.0 Å². The molecule has 0 atom stereocenters. The molecule has 2 rings (SSSR count). The summed E-state index contributed by atoms with van der Waals surface area (Å²) in [4.78, 5) is 10.3. The van der Waals surface area contributed by atoms with E-state index in [1.54, 1.807) is 36.4 Å². The maximum Gasteiger partial charge on any atom is 0.311 e. The summed E-state index contributed by atoms with van der Waals surface area (Å²) in [6, 6.07) is 12.9. The predicted octanol–water partition coefficient (Wildman–Crippen LogP) is 2.88. The maximum absolute atomic E-state index is 10.8. The molecule has 0 fully saturated rings. The van der Waals surface area contributed by atoms with E-state index in [0.717, 1.165) is 0 Å². The van der Waals surface area contributed by atoms with Crippen molar-refractivity contribution in [3.05, 3.63) is 64.2 Å². The fourth-order valence-corrected chi connectivity index (χ4v) is 1.53. The van der Waals surface area contributed by atoms with E-state index >= 15 is 0 Å². The quantitative estimate of drug-likeness (QED) is 0.664. The third-order valence-corrected chi connectivity index (χ3v) is 2.37. The molecular formula is C13H11NO4. The first kappa shape index (κ1) is 12.1. The summed E-state index contributed by atoms with van der Waals surface area (Å²) >= 11 is 0. The zero-order valence-electron chi connectivity index (χ0n) is 9.45. The second-order valence-electron chi connectivity index (χ2n) is 3.63. The van der Waals surface area contributed by atoms with Crippen molar-refractivity contribution in [2.45, 2.75) is 6.61 Å². The van der Waals surface area contributed by atoms with Gasteiger partial charge in [-0.2, -0.15) is 0 Å². The van der Waals surface area contributed by atoms with Gasteiger partial charge in [0.2, 0.25) is 5.75 Å². The zero-order valence-corrected chi connectivity index (χ0v) is 9.45. The summed E-state index contributed by atoms with van der Waals surface area (Å²) in [6.07, 6.45) is 0. The van der Waals surface area contributed by atoms with Gasteiger partial charge in [-0.25, -0.2) is 0 Å². The van der Waals surface area contributed by atoms with Crippen LogP contribution >= 0.6 is 0 Å². The molecule has 1 N–H and O–H groups in total. The molecule has 2 aromatic carbocycles. The topological polar surface area (TPSA) is 72.6 Å². The van der Waals surface area contributed by atoms with Gasteiger partial charge in [-0.05, 0) is 23.8 Å². The Labute approximate surface area is 103 Å². The average Bonchev–Trinajstić information content (AvgIpc) is 2.39. The Hall–Kier alpha value is -2.40. The van der Waals surface area contributed by atoms with Crippen LogP contribution in [-0.4, -0.2) is 10.0 Å². The van der Waals surface area contributed by atoms with Gasteiger partial charge in [0.25, 0.3) is 0 Å². The summed E-state index contributed by atoms with van der Waals surface area (Å²) in [5.41, 5.74) is 0.595. The van der Waals surface area contributed by atoms with Crippen LogP contribution in [0.5, 0.6) is 11.5 Å². The summed E-state index contributed by atoms with van der Waals surface area (Å²) in [7, 11) is 0. The number of hydrogen-bond donors (Lipinski definition) is 1. The number of aliphatic hydroxyl groups is 1. The first-order chi connectivity index (χ1) is 8.70. The van der Waals surface area contributed by atoms with Crippen LogP contribution in [0.25, 0.3) is 0 Å². The van der Waals surface area contributed by atoms with Gasteiger partial charge in [0.1, 0.15) is 5.75 Å². The van der Waals surface area contributed by atoms with Crippen LogP contribution in [0, 0.1) is 10.1 Å². The number of ether oxygens (including phenoxy) is 1. The molecule has 0 aliphatic rings. The van der Waals surface area contributed by atoms with Crippen molar-refractivity contribution in [1.29, 1.82) is 0 Å². The molecule has 0 saturated heterocycles. The molecular weight excluding hydrogens is 234 g/mol. The number of benzene rings is 2. The molecule has 18 heavy (non-hydrogen) atoms. The molecule has 0 aliphatic carbocycles. The largest absolute Gasteiger partial charge is 0.450 e. The molecule has 0 aliphatic heterocycles. The van der Waals surface area contributed by atoms with Crippen molar-refractivity contribution in [3.8, 4) is 11.5 Å². The smallest absolute Gasteiger partial charge is 0.311 e. The maximum atomic E-state index is 10.8. The molecule has 5 nitrogen and oxygen atoms in total. The van der Waals surface area contributed by atoms with E-state index in [1.165, 1.54) is 12.1 Å². The molecule has 5 heteroatoms. The standard InChI is InChI=1S/C13H11NO4/c15-9-10-4-3-5-11(8-10)18-13-7-2-1-6-12(13)14(16)17/h1-8,15H,9H2. The highest BCUT2D eigenvalue weighted by Gasteiger charge is 2.14. The van der Waals surface area contributed by atoms with Crippen molar-refractivity contribution in [2.24, 2.45) is 0 Å².